The average molecular weight is 355 g/mol. The molecule has 0 spiro atoms. The van der Waals surface area contributed by atoms with Crippen LogP contribution in [0.25, 0.3) is 0 Å². The molecule has 0 fully saturated rings. The summed E-state index contributed by atoms with van der Waals surface area (Å²) < 4.78 is 38.8. The monoisotopic (exact) mass is 354 g/mol. The van der Waals surface area contributed by atoms with E-state index >= 15 is 0 Å². The Balaban J connectivity index is 3.04. The van der Waals surface area contributed by atoms with E-state index in [0.717, 1.165) is 9.37 Å². The summed E-state index contributed by atoms with van der Waals surface area (Å²) in [7, 11) is 0. The molecule has 0 heterocycles. The molecular weight excluding hydrogens is 337 g/mol. The van der Waals surface area contributed by atoms with Gasteiger partial charge in [-0.3, -0.25) is 4.90 Å². The second-order valence-corrected chi connectivity index (χ2v) is 5.58. The first-order valence-corrected chi connectivity index (χ1v) is 6.96. The van der Waals surface area contributed by atoms with Crippen LogP contribution in [0, 0.1) is 0 Å². The molecular formula is C13H18BrF3N2O. The van der Waals surface area contributed by atoms with Crippen molar-refractivity contribution in [3.8, 4) is 0 Å². The molecule has 0 saturated heterocycles. The lowest BCUT2D eigenvalue weighted by Gasteiger charge is -2.34. The minimum Gasteiger partial charge on any atom is -0.395 e. The molecule has 0 aliphatic carbocycles. The molecule has 1 rings (SSSR count). The summed E-state index contributed by atoms with van der Waals surface area (Å²) >= 11 is 3.28. The van der Waals surface area contributed by atoms with Crippen molar-refractivity contribution in [3.05, 3.63) is 34.3 Å². The number of hydrogen-bond acceptors (Lipinski definition) is 3. The lowest BCUT2D eigenvalue weighted by atomic mass is 9.99. The minimum atomic E-state index is -4.34. The highest BCUT2D eigenvalue weighted by Crippen LogP contribution is 2.28. The largest absolute Gasteiger partial charge is 0.401 e. The number of aliphatic hydroxyl groups is 1. The third-order valence-corrected chi connectivity index (χ3v) is 3.40. The Bertz CT molecular complexity index is 409. The van der Waals surface area contributed by atoms with Gasteiger partial charge in [-0.05, 0) is 24.6 Å². The zero-order chi connectivity index (χ0) is 15.3. The quantitative estimate of drug-likeness (QED) is 0.825. The smallest absolute Gasteiger partial charge is 0.395 e. The van der Waals surface area contributed by atoms with Crippen molar-refractivity contribution >= 4 is 15.9 Å². The molecule has 114 valence electrons. The van der Waals surface area contributed by atoms with Crippen LogP contribution < -0.4 is 5.73 Å². The van der Waals surface area contributed by atoms with Crippen molar-refractivity contribution < 1.29 is 18.3 Å². The van der Waals surface area contributed by atoms with Gasteiger partial charge < -0.3 is 10.8 Å². The van der Waals surface area contributed by atoms with E-state index in [1.807, 2.05) is 0 Å². The van der Waals surface area contributed by atoms with Crippen LogP contribution in [0.15, 0.2) is 28.7 Å². The standard InChI is InChI=1S/C13H18BrF3N2O/c1-9(18)12(10-2-4-11(14)5-3-10)19(6-7-20)8-13(15,16)17/h2-5,9,12,20H,6-8,18H2,1H3. The van der Waals surface area contributed by atoms with E-state index in [0.29, 0.717) is 5.56 Å². The van der Waals surface area contributed by atoms with Gasteiger partial charge in [-0.2, -0.15) is 13.2 Å². The Hall–Kier alpha value is -0.630. The summed E-state index contributed by atoms with van der Waals surface area (Å²) in [6.07, 6.45) is -4.34. The fourth-order valence-electron chi connectivity index (χ4n) is 2.18. The number of aliphatic hydroxyl groups excluding tert-OH is 1. The molecule has 0 saturated carbocycles. The van der Waals surface area contributed by atoms with Gasteiger partial charge in [-0.15, -0.1) is 0 Å². The SMILES string of the molecule is CC(N)C(c1ccc(Br)cc1)N(CCO)CC(F)(F)F. The Kier molecular flexibility index (Phi) is 6.44. The van der Waals surface area contributed by atoms with Crippen LogP contribution in [0.5, 0.6) is 0 Å². The summed E-state index contributed by atoms with van der Waals surface area (Å²) in [5, 5.41) is 9.00. The summed E-state index contributed by atoms with van der Waals surface area (Å²) in [4.78, 5) is 1.16. The molecule has 0 bridgehead atoms. The van der Waals surface area contributed by atoms with E-state index in [4.69, 9.17) is 10.8 Å². The summed E-state index contributed by atoms with van der Waals surface area (Å²) in [6, 6.07) is 5.89. The van der Waals surface area contributed by atoms with Gasteiger partial charge in [0, 0.05) is 17.1 Å². The normalized spacial score (nSPS) is 15.4. The number of rotatable bonds is 6. The average Bonchev–Trinajstić information content (AvgIpc) is 2.29. The van der Waals surface area contributed by atoms with Gasteiger partial charge in [0.25, 0.3) is 0 Å². The fraction of sp³-hybridized carbons (Fsp3) is 0.538. The number of hydrogen-bond donors (Lipinski definition) is 2. The van der Waals surface area contributed by atoms with Crippen LogP contribution in [-0.4, -0.2) is 41.9 Å². The number of benzene rings is 1. The van der Waals surface area contributed by atoms with E-state index in [-0.39, 0.29) is 13.2 Å². The van der Waals surface area contributed by atoms with Crippen molar-refractivity contribution in [1.82, 2.24) is 4.90 Å². The second kappa shape index (κ2) is 7.40. The number of nitrogens with two attached hydrogens (primary N) is 1. The molecule has 0 aliphatic heterocycles. The molecule has 2 atom stereocenters. The minimum absolute atomic E-state index is 0.0816. The highest BCUT2D eigenvalue weighted by Gasteiger charge is 2.35. The first-order valence-electron chi connectivity index (χ1n) is 6.17. The van der Waals surface area contributed by atoms with E-state index in [1.54, 1.807) is 31.2 Å². The molecule has 3 nitrogen and oxygen atoms in total. The Morgan fingerprint density at radius 2 is 1.85 bits per heavy atom. The molecule has 0 amide bonds. The molecule has 1 aromatic rings. The number of alkyl halides is 3. The highest BCUT2D eigenvalue weighted by atomic mass is 79.9. The maximum atomic E-state index is 12.7. The van der Waals surface area contributed by atoms with E-state index in [9.17, 15) is 13.2 Å². The summed E-state index contributed by atoms with van der Waals surface area (Å²) in [5.41, 5.74) is 6.55. The molecule has 7 heteroatoms. The van der Waals surface area contributed by atoms with Crippen LogP contribution >= 0.6 is 15.9 Å². The highest BCUT2D eigenvalue weighted by molar-refractivity contribution is 9.10. The Morgan fingerprint density at radius 3 is 2.25 bits per heavy atom. The van der Waals surface area contributed by atoms with E-state index < -0.39 is 24.8 Å². The first kappa shape index (κ1) is 17.4. The van der Waals surface area contributed by atoms with Crippen molar-refractivity contribution in [3.63, 3.8) is 0 Å². The lowest BCUT2D eigenvalue weighted by Crippen LogP contribution is -2.45. The molecule has 1 aromatic carbocycles. The van der Waals surface area contributed by atoms with Gasteiger partial charge >= 0.3 is 6.18 Å². The maximum absolute atomic E-state index is 12.7. The third-order valence-electron chi connectivity index (χ3n) is 2.87. The van der Waals surface area contributed by atoms with Gasteiger partial charge in [-0.25, -0.2) is 0 Å². The molecule has 2 unspecified atom stereocenters. The van der Waals surface area contributed by atoms with Crippen molar-refractivity contribution in [2.45, 2.75) is 25.2 Å². The summed E-state index contributed by atoms with van der Waals surface area (Å²) in [6.45, 7) is 0.126. The zero-order valence-electron chi connectivity index (χ0n) is 11.1. The van der Waals surface area contributed by atoms with Crippen LogP contribution in [0.3, 0.4) is 0 Å². The molecule has 0 aromatic heterocycles. The second-order valence-electron chi connectivity index (χ2n) is 4.66. The van der Waals surface area contributed by atoms with Crippen LogP contribution in [0.2, 0.25) is 0 Å². The molecule has 0 radical (unpaired) electrons. The number of nitrogens with zero attached hydrogens (tertiary/aromatic N) is 1. The van der Waals surface area contributed by atoms with Crippen molar-refractivity contribution in [2.75, 3.05) is 19.7 Å². The Labute approximate surface area is 124 Å². The van der Waals surface area contributed by atoms with Crippen LogP contribution in [-0.2, 0) is 0 Å². The zero-order valence-corrected chi connectivity index (χ0v) is 12.7. The van der Waals surface area contributed by atoms with Crippen molar-refractivity contribution in [1.29, 1.82) is 0 Å². The predicted octanol–water partition coefficient (Wildman–Crippen LogP) is 2.69. The van der Waals surface area contributed by atoms with Crippen LogP contribution in [0.4, 0.5) is 13.2 Å². The topological polar surface area (TPSA) is 49.5 Å². The first-order chi connectivity index (χ1) is 9.24. The predicted molar refractivity (Wildman–Crippen MR) is 75.2 cm³/mol. The third kappa shape index (κ3) is 5.40. The van der Waals surface area contributed by atoms with Gasteiger partial charge in [-0.1, -0.05) is 28.1 Å². The summed E-state index contributed by atoms with van der Waals surface area (Å²) in [5.74, 6) is 0. The van der Waals surface area contributed by atoms with Crippen molar-refractivity contribution in [2.24, 2.45) is 5.73 Å². The molecule has 20 heavy (non-hydrogen) atoms. The molecule has 3 N–H and O–H groups in total. The Morgan fingerprint density at radius 1 is 1.30 bits per heavy atom. The lowest BCUT2D eigenvalue weighted by molar-refractivity contribution is -0.153. The number of halogens is 4. The van der Waals surface area contributed by atoms with Crippen LogP contribution in [0.1, 0.15) is 18.5 Å². The maximum Gasteiger partial charge on any atom is 0.401 e. The van der Waals surface area contributed by atoms with E-state index in [2.05, 4.69) is 15.9 Å². The van der Waals surface area contributed by atoms with Gasteiger partial charge in [0.2, 0.25) is 0 Å². The van der Waals surface area contributed by atoms with Gasteiger partial charge in [0.1, 0.15) is 0 Å². The van der Waals surface area contributed by atoms with E-state index in [1.165, 1.54) is 0 Å². The fourth-order valence-corrected chi connectivity index (χ4v) is 2.45. The van der Waals surface area contributed by atoms with Gasteiger partial charge in [0.05, 0.1) is 19.2 Å². The van der Waals surface area contributed by atoms with Gasteiger partial charge in [0.15, 0.2) is 0 Å². The molecule has 0 aliphatic rings.